The second kappa shape index (κ2) is 6.72. The van der Waals surface area contributed by atoms with Gasteiger partial charge >= 0.3 is 0 Å². The highest BCUT2D eigenvalue weighted by Crippen LogP contribution is 2.19. The summed E-state index contributed by atoms with van der Waals surface area (Å²) in [5.41, 5.74) is 3.59. The molecule has 0 atom stereocenters. The molecule has 3 aromatic rings. The maximum atomic E-state index is 12.1. The van der Waals surface area contributed by atoms with Gasteiger partial charge in [0.25, 0.3) is 5.91 Å². The van der Waals surface area contributed by atoms with Crippen molar-refractivity contribution in [2.75, 3.05) is 11.9 Å². The molecule has 3 rings (SSSR count). The highest BCUT2D eigenvalue weighted by atomic mass is 16.2. The molecule has 0 spiro atoms. The van der Waals surface area contributed by atoms with Crippen LogP contribution in [0, 0.1) is 13.8 Å². The molecule has 0 saturated carbocycles. The van der Waals surface area contributed by atoms with Crippen molar-refractivity contribution in [2.45, 2.75) is 13.8 Å². The Labute approximate surface area is 145 Å². The van der Waals surface area contributed by atoms with E-state index in [2.05, 4.69) is 20.7 Å². The Balaban J connectivity index is 1.64. The van der Waals surface area contributed by atoms with Crippen molar-refractivity contribution in [1.29, 1.82) is 0 Å². The van der Waals surface area contributed by atoms with Crippen LogP contribution in [0.25, 0.3) is 11.0 Å². The van der Waals surface area contributed by atoms with Gasteiger partial charge in [0, 0.05) is 18.0 Å². The number of aryl methyl sites for hydroxylation is 3. The number of carbonyl (C=O) groups excluding carboxylic acids is 2. The number of nitrogens with one attached hydrogen (secondary N) is 2. The van der Waals surface area contributed by atoms with Crippen molar-refractivity contribution in [2.24, 2.45) is 7.05 Å². The van der Waals surface area contributed by atoms with E-state index >= 15 is 0 Å². The summed E-state index contributed by atoms with van der Waals surface area (Å²) < 4.78 is 1.69. The SMILES string of the molecule is Cc1ccccc1C(=O)NCC(=O)Nc1cnc2c(c1)c(C)nn2C. The van der Waals surface area contributed by atoms with Gasteiger partial charge < -0.3 is 10.6 Å². The predicted octanol–water partition coefficient (Wildman–Crippen LogP) is 1.95. The lowest BCUT2D eigenvalue weighted by atomic mass is 10.1. The summed E-state index contributed by atoms with van der Waals surface area (Å²) in [5, 5.41) is 10.5. The summed E-state index contributed by atoms with van der Waals surface area (Å²) in [5.74, 6) is -0.588. The first-order valence-electron chi connectivity index (χ1n) is 7.88. The molecule has 128 valence electrons. The molecule has 0 aliphatic rings. The van der Waals surface area contributed by atoms with Crippen LogP contribution in [0.15, 0.2) is 36.5 Å². The van der Waals surface area contributed by atoms with E-state index in [0.717, 1.165) is 22.3 Å². The molecule has 2 amide bonds. The van der Waals surface area contributed by atoms with Gasteiger partial charge in [-0.15, -0.1) is 0 Å². The fraction of sp³-hybridized carbons (Fsp3) is 0.222. The smallest absolute Gasteiger partial charge is 0.251 e. The normalized spacial score (nSPS) is 10.7. The summed E-state index contributed by atoms with van der Waals surface area (Å²) in [4.78, 5) is 28.5. The standard InChI is InChI=1S/C18H19N5O2/c1-11-6-4-5-7-14(11)18(25)20-10-16(24)21-13-8-15-12(2)22-23(3)17(15)19-9-13/h4-9H,10H2,1-3H3,(H,20,25)(H,21,24). The first-order chi connectivity index (χ1) is 12.0. The third-order valence-corrected chi connectivity index (χ3v) is 3.95. The van der Waals surface area contributed by atoms with E-state index in [1.165, 1.54) is 0 Å². The zero-order chi connectivity index (χ0) is 18.0. The van der Waals surface area contributed by atoms with Crippen LogP contribution >= 0.6 is 0 Å². The molecule has 2 heterocycles. The van der Waals surface area contributed by atoms with Crippen LogP contribution in [0.1, 0.15) is 21.6 Å². The number of benzene rings is 1. The number of aromatic nitrogens is 3. The lowest BCUT2D eigenvalue weighted by Gasteiger charge is -2.08. The molecule has 0 fully saturated rings. The second-order valence-corrected chi connectivity index (χ2v) is 5.85. The van der Waals surface area contributed by atoms with Crippen LogP contribution in [0.2, 0.25) is 0 Å². The largest absolute Gasteiger partial charge is 0.343 e. The number of nitrogens with zero attached hydrogens (tertiary/aromatic N) is 3. The monoisotopic (exact) mass is 337 g/mol. The molecule has 7 nitrogen and oxygen atoms in total. The van der Waals surface area contributed by atoms with E-state index in [1.807, 2.05) is 39.1 Å². The fourth-order valence-electron chi connectivity index (χ4n) is 2.66. The van der Waals surface area contributed by atoms with E-state index < -0.39 is 0 Å². The number of carbonyl (C=O) groups is 2. The van der Waals surface area contributed by atoms with Crippen LogP contribution in [0.3, 0.4) is 0 Å². The van der Waals surface area contributed by atoms with Gasteiger partial charge in [-0.1, -0.05) is 18.2 Å². The molecule has 25 heavy (non-hydrogen) atoms. The highest BCUT2D eigenvalue weighted by molar-refractivity contribution is 6.00. The van der Waals surface area contributed by atoms with Crippen LogP contribution in [-0.2, 0) is 11.8 Å². The number of anilines is 1. The number of amides is 2. The Hall–Kier alpha value is -3.22. The van der Waals surface area contributed by atoms with Gasteiger partial charge in [0.15, 0.2) is 5.65 Å². The molecule has 1 aromatic carbocycles. The zero-order valence-electron chi connectivity index (χ0n) is 14.3. The minimum absolute atomic E-state index is 0.114. The van der Waals surface area contributed by atoms with Crippen molar-refractivity contribution >= 4 is 28.5 Å². The third kappa shape index (κ3) is 3.50. The highest BCUT2D eigenvalue weighted by Gasteiger charge is 2.11. The molecule has 0 bridgehead atoms. The molecular weight excluding hydrogens is 318 g/mol. The average Bonchev–Trinajstić information content (AvgIpc) is 2.87. The van der Waals surface area contributed by atoms with E-state index in [-0.39, 0.29) is 18.4 Å². The Morgan fingerprint density at radius 2 is 1.96 bits per heavy atom. The molecule has 0 aliphatic carbocycles. The lowest BCUT2D eigenvalue weighted by molar-refractivity contribution is -0.115. The van der Waals surface area contributed by atoms with Crippen molar-refractivity contribution in [3.8, 4) is 0 Å². The first-order valence-corrected chi connectivity index (χ1v) is 7.88. The van der Waals surface area contributed by atoms with Gasteiger partial charge in [-0.25, -0.2) is 4.98 Å². The van der Waals surface area contributed by atoms with Crippen molar-refractivity contribution in [3.63, 3.8) is 0 Å². The Kier molecular flexibility index (Phi) is 4.47. The molecule has 0 saturated heterocycles. The lowest BCUT2D eigenvalue weighted by Crippen LogP contribution is -2.33. The summed E-state index contributed by atoms with van der Waals surface area (Å²) in [7, 11) is 1.82. The molecule has 0 unspecified atom stereocenters. The van der Waals surface area contributed by atoms with Gasteiger partial charge in [0.1, 0.15) is 0 Å². The predicted molar refractivity (Wildman–Crippen MR) is 95.4 cm³/mol. The number of pyridine rings is 1. The van der Waals surface area contributed by atoms with Crippen molar-refractivity contribution in [3.05, 3.63) is 53.3 Å². The maximum Gasteiger partial charge on any atom is 0.251 e. The molecule has 0 aliphatic heterocycles. The van der Waals surface area contributed by atoms with Crippen LogP contribution < -0.4 is 10.6 Å². The summed E-state index contributed by atoms with van der Waals surface area (Å²) >= 11 is 0. The molecule has 7 heteroatoms. The minimum Gasteiger partial charge on any atom is -0.343 e. The van der Waals surface area contributed by atoms with Gasteiger partial charge in [-0.3, -0.25) is 14.3 Å². The average molecular weight is 337 g/mol. The molecule has 2 aromatic heterocycles. The molecular formula is C18H19N5O2. The van der Waals surface area contributed by atoms with Crippen LogP contribution in [0.5, 0.6) is 0 Å². The van der Waals surface area contributed by atoms with Gasteiger partial charge in [0.2, 0.25) is 5.91 Å². The zero-order valence-corrected chi connectivity index (χ0v) is 14.3. The molecule has 0 radical (unpaired) electrons. The number of fused-ring (bicyclic) bond motifs is 1. The van der Waals surface area contributed by atoms with E-state index in [1.54, 1.807) is 23.0 Å². The van der Waals surface area contributed by atoms with Crippen molar-refractivity contribution in [1.82, 2.24) is 20.1 Å². The number of hydrogen-bond acceptors (Lipinski definition) is 4. The molecule has 2 N–H and O–H groups in total. The van der Waals surface area contributed by atoms with Gasteiger partial charge in [0.05, 0.1) is 24.1 Å². The third-order valence-electron chi connectivity index (χ3n) is 3.95. The Morgan fingerprint density at radius 1 is 1.20 bits per heavy atom. The summed E-state index contributed by atoms with van der Waals surface area (Å²) in [6, 6.07) is 9.06. The van der Waals surface area contributed by atoms with Gasteiger partial charge in [-0.05, 0) is 31.5 Å². The maximum absolute atomic E-state index is 12.1. The minimum atomic E-state index is -0.315. The Morgan fingerprint density at radius 3 is 2.72 bits per heavy atom. The topological polar surface area (TPSA) is 88.9 Å². The van der Waals surface area contributed by atoms with Crippen LogP contribution in [0.4, 0.5) is 5.69 Å². The number of hydrogen-bond donors (Lipinski definition) is 2. The first kappa shape index (κ1) is 16.6. The summed E-state index contributed by atoms with van der Waals surface area (Å²) in [6.45, 7) is 3.63. The van der Waals surface area contributed by atoms with Crippen LogP contribution in [-0.4, -0.2) is 33.1 Å². The van der Waals surface area contributed by atoms with Crippen molar-refractivity contribution < 1.29 is 9.59 Å². The van der Waals surface area contributed by atoms with E-state index in [4.69, 9.17) is 0 Å². The van der Waals surface area contributed by atoms with E-state index in [0.29, 0.717) is 11.3 Å². The second-order valence-electron chi connectivity index (χ2n) is 5.85. The van der Waals surface area contributed by atoms with E-state index in [9.17, 15) is 9.59 Å². The fourth-order valence-corrected chi connectivity index (χ4v) is 2.66. The quantitative estimate of drug-likeness (QED) is 0.761. The summed E-state index contributed by atoms with van der Waals surface area (Å²) in [6.07, 6.45) is 1.57. The van der Waals surface area contributed by atoms with Gasteiger partial charge in [-0.2, -0.15) is 5.10 Å². The Bertz CT molecular complexity index is 961. The number of rotatable bonds is 4.